The van der Waals surface area contributed by atoms with Crippen molar-refractivity contribution in [3.63, 3.8) is 0 Å². The van der Waals surface area contributed by atoms with Crippen LogP contribution in [0.4, 0.5) is 0 Å². The maximum atomic E-state index is 8.79. The lowest BCUT2D eigenvalue weighted by Gasteiger charge is -2.07. The molecule has 0 atom stereocenters. The first kappa shape index (κ1) is 11.6. The molecule has 0 fully saturated rings. The molecule has 2 aromatic rings. The molecule has 0 radical (unpaired) electrons. The number of thiazole rings is 1. The number of rotatable bonds is 3. The quantitative estimate of drug-likeness (QED) is 0.832. The average Bonchev–Trinajstić information content (AvgIpc) is 2.86. The summed E-state index contributed by atoms with van der Waals surface area (Å²) in [6.45, 7) is 2.11. The lowest BCUT2D eigenvalue weighted by Crippen LogP contribution is -1.90. The minimum Gasteiger partial charge on any atom is -0.496 e. The van der Waals surface area contributed by atoms with E-state index in [0.717, 1.165) is 22.7 Å². The highest BCUT2D eigenvalue weighted by molar-refractivity contribution is 7.13. The van der Waals surface area contributed by atoms with Gasteiger partial charge >= 0.3 is 0 Å². The second-order valence-electron chi connectivity index (χ2n) is 3.54. The van der Waals surface area contributed by atoms with Crippen molar-refractivity contribution in [2.24, 2.45) is 0 Å². The van der Waals surface area contributed by atoms with Crippen molar-refractivity contribution in [1.29, 1.82) is 5.26 Å². The van der Waals surface area contributed by atoms with Crippen LogP contribution in [0.15, 0.2) is 23.6 Å². The topological polar surface area (TPSA) is 45.9 Å². The maximum absolute atomic E-state index is 8.79. The molecule has 0 aliphatic heterocycles. The third-order valence-electron chi connectivity index (χ3n) is 2.52. The van der Waals surface area contributed by atoms with Gasteiger partial charge in [0.2, 0.25) is 0 Å². The molecule has 0 bridgehead atoms. The van der Waals surface area contributed by atoms with Crippen molar-refractivity contribution < 1.29 is 4.74 Å². The van der Waals surface area contributed by atoms with Crippen LogP contribution >= 0.6 is 11.3 Å². The Bertz CT molecular complexity index is 569. The van der Waals surface area contributed by atoms with Gasteiger partial charge in [-0.3, -0.25) is 0 Å². The first-order valence-corrected chi connectivity index (χ1v) is 6.19. The van der Waals surface area contributed by atoms with Gasteiger partial charge < -0.3 is 4.74 Å². The summed E-state index contributed by atoms with van der Waals surface area (Å²) in [7, 11) is 1.64. The van der Waals surface area contributed by atoms with Gasteiger partial charge in [-0.1, -0.05) is 13.0 Å². The van der Waals surface area contributed by atoms with Crippen molar-refractivity contribution in [3.8, 4) is 22.4 Å². The van der Waals surface area contributed by atoms with Gasteiger partial charge in [-0.15, -0.1) is 11.3 Å². The predicted octanol–water partition coefficient (Wildman–Crippen LogP) is 3.25. The van der Waals surface area contributed by atoms with Crippen molar-refractivity contribution in [2.75, 3.05) is 7.11 Å². The number of ether oxygens (including phenoxy) is 1. The van der Waals surface area contributed by atoms with E-state index >= 15 is 0 Å². The lowest BCUT2D eigenvalue weighted by atomic mass is 10.1. The SMILES string of the molecule is CCc1ccc(OC)c(-c2nc(C#N)cs2)c1. The predicted molar refractivity (Wildman–Crippen MR) is 68.2 cm³/mol. The van der Waals surface area contributed by atoms with Crippen molar-refractivity contribution in [1.82, 2.24) is 4.98 Å². The molecule has 0 aliphatic carbocycles. The Morgan fingerprint density at radius 2 is 2.29 bits per heavy atom. The van der Waals surface area contributed by atoms with Crippen LogP contribution in [-0.2, 0) is 6.42 Å². The molecule has 3 nitrogen and oxygen atoms in total. The standard InChI is InChI=1S/C13H12N2OS/c1-3-9-4-5-12(16-2)11(6-9)13-15-10(7-14)8-17-13/h4-6,8H,3H2,1-2H3. The average molecular weight is 244 g/mol. The molecule has 4 heteroatoms. The third kappa shape index (κ3) is 2.29. The number of nitrogens with zero attached hydrogens (tertiary/aromatic N) is 2. The summed E-state index contributed by atoms with van der Waals surface area (Å²) in [5.41, 5.74) is 2.64. The number of aryl methyl sites for hydroxylation is 1. The van der Waals surface area contributed by atoms with Crippen LogP contribution < -0.4 is 4.74 Å². The third-order valence-corrected chi connectivity index (χ3v) is 3.40. The van der Waals surface area contributed by atoms with Gasteiger partial charge in [0.15, 0.2) is 5.69 Å². The Kier molecular flexibility index (Phi) is 3.40. The molecule has 0 unspecified atom stereocenters. The first-order chi connectivity index (χ1) is 8.28. The Morgan fingerprint density at radius 1 is 1.47 bits per heavy atom. The fraction of sp³-hybridized carbons (Fsp3) is 0.231. The highest BCUT2D eigenvalue weighted by Crippen LogP contribution is 2.33. The monoisotopic (exact) mass is 244 g/mol. The van der Waals surface area contributed by atoms with E-state index in [2.05, 4.69) is 18.0 Å². The summed E-state index contributed by atoms with van der Waals surface area (Å²) in [5, 5.41) is 11.4. The minimum absolute atomic E-state index is 0.453. The summed E-state index contributed by atoms with van der Waals surface area (Å²) in [4.78, 5) is 4.26. The molecule has 1 aromatic heterocycles. The maximum Gasteiger partial charge on any atom is 0.152 e. The van der Waals surface area contributed by atoms with Gasteiger partial charge in [0.05, 0.1) is 12.7 Å². The van der Waals surface area contributed by atoms with E-state index < -0.39 is 0 Å². The first-order valence-electron chi connectivity index (χ1n) is 5.31. The summed E-state index contributed by atoms with van der Waals surface area (Å²) in [6.07, 6.45) is 0.966. The summed E-state index contributed by atoms with van der Waals surface area (Å²) >= 11 is 1.46. The van der Waals surface area contributed by atoms with E-state index in [1.165, 1.54) is 16.9 Å². The van der Waals surface area contributed by atoms with Gasteiger partial charge in [0.25, 0.3) is 0 Å². The van der Waals surface area contributed by atoms with Gasteiger partial charge in [-0.2, -0.15) is 5.26 Å². The molecule has 17 heavy (non-hydrogen) atoms. The molecule has 2 rings (SSSR count). The number of nitriles is 1. The van der Waals surface area contributed by atoms with Gasteiger partial charge in [-0.05, 0) is 24.1 Å². The molecule has 1 aromatic carbocycles. The van der Waals surface area contributed by atoms with Crippen LogP contribution in [0.3, 0.4) is 0 Å². The normalized spacial score (nSPS) is 9.94. The van der Waals surface area contributed by atoms with E-state index in [1.807, 2.05) is 18.2 Å². The van der Waals surface area contributed by atoms with Crippen LogP contribution in [0.5, 0.6) is 5.75 Å². The van der Waals surface area contributed by atoms with Crippen LogP contribution in [-0.4, -0.2) is 12.1 Å². The zero-order valence-corrected chi connectivity index (χ0v) is 10.5. The highest BCUT2D eigenvalue weighted by Gasteiger charge is 2.10. The summed E-state index contributed by atoms with van der Waals surface area (Å²) in [6, 6.07) is 8.10. The van der Waals surface area contributed by atoms with Crippen molar-refractivity contribution in [3.05, 3.63) is 34.8 Å². The van der Waals surface area contributed by atoms with Gasteiger partial charge in [-0.25, -0.2) is 4.98 Å². The highest BCUT2D eigenvalue weighted by atomic mass is 32.1. The van der Waals surface area contributed by atoms with E-state index in [4.69, 9.17) is 10.00 Å². The van der Waals surface area contributed by atoms with E-state index in [9.17, 15) is 0 Å². The molecule has 0 aliphatic rings. The van der Waals surface area contributed by atoms with Crippen molar-refractivity contribution >= 4 is 11.3 Å². The zero-order valence-electron chi connectivity index (χ0n) is 9.73. The Labute approximate surface area is 104 Å². The summed E-state index contributed by atoms with van der Waals surface area (Å²) in [5.74, 6) is 0.793. The number of benzene rings is 1. The molecule has 86 valence electrons. The molecule has 1 heterocycles. The van der Waals surface area contributed by atoms with Crippen LogP contribution in [0.1, 0.15) is 18.2 Å². The fourth-order valence-electron chi connectivity index (χ4n) is 1.59. The molecular weight excluding hydrogens is 232 g/mol. The molecule has 0 spiro atoms. The molecule has 0 amide bonds. The molecule has 0 N–H and O–H groups in total. The Hall–Kier alpha value is -1.86. The largest absolute Gasteiger partial charge is 0.496 e. The molecular formula is C13H12N2OS. The number of hydrogen-bond acceptors (Lipinski definition) is 4. The second kappa shape index (κ2) is 4.98. The second-order valence-corrected chi connectivity index (χ2v) is 4.40. The van der Waals surface area contributed by atoms with Crippen molar-refractivity contribution in [2.45, 2.75) is 13.3 Å². The fourth-order valence-corrected chi connectivity index (χ4v) is 2.36. The van der Waals surface area contributed by atoms with Gasteiger partial charge in [0, 0.05) is 5.38 Å². The number of hydrogen-bond donors (Lipinski definition) is 0. The van der Waals surface area contributed by atoms with Crippen LogP contribution in [0, 0.1) is 11.3 Å². The van der Waals surface area contributed by atoms with E-state index in [0.29, 0.717) is 5.69 Å². The number of aromatic nitrogens is 1. The van der Waals surface area contributed by atoms with E-state index in [1.54, 1.807) is 12.5 Å². The summed E-state index contributed by atoms with van der Waals surface area (Å²) < 4.78 is 5.33. The van der Waals surface area contributed by atoms with Crippen LogP contribution in [0.25, 0.3) is 10.6 Å². The van der Waals surface area contributed by atoms with Crippen LogP contribution in [0.2, 0.25) is 0 Å². The molecule has 0 saturated heterocycles. The number of methoxy groups -OCH3 is 1. The van der Waals surface area contributed by atoms with E-state index in [-0.39, 0.29) is 0 Å². The Balaban J connectivity index is 2.52. The smallest absolute Gasteiger partial charge is 0.152 e. The lowest BCUT2D eigenvalue weighted by molar-refractivity contribution is 0.416. The molecule has 0 saturated carbocycles. The van der Waals surface area contributed by atoms with Gasteiger partial charge in [0.1, 0.15) is 16.8 Å². The zero-order chi connectivity index (χ0) is 12.3. The Morgan fingerprint density at radius 3 is 2.88 bits per heavy atom. The minimum atomic E-state index is 0.453.